The maximum atomic E-state index is 13.3. The van der Waals surface area contributed by atoms with Gasteiger partial charge in [-0.05, 0) is 29.8 Å². The summed E-state index contributed by atoms with van der Waals surface area (Å²) in [6, 6.07) is 6.26. The second kappa shape index (κ2) is 5.35. The third kappa shape index (κ3) is 2.88. The standard InChI is InChI=1S/C13H10F2N2O/c14-10-3-4-12(15)11(6-10)13(18)17-8-9-2-1-5-16-7-9/h1-7H,8H2,(H,17,18). The van der Waals surface area contributed by atoms with Crippen molar-refractivity contribution in [3.63, 3.8) is 0 Å². The third-order valence-electron chi connectivity index (χ3n) is 2.35. The summed E-state index contributed by atoms with van der Waals surface area (Å²) in [7, 11) is 0. The first-order valence-electron chi connectivity index (χ1n) is 5.29. The summed E-state index contributed by atoms with van der Waals surface area (Å²) in [6.45, 7) is 0.211. The summed E-state index contributed by atoms with van der Waals surface area (Å²) in [5.74, 6) is -2.06. The fraction of sp³-hybridized carbons (Fsp3) is 0.0769. The highest BCUT2D eigenvalue weighted by Crippen LogP contribution is 2.09. The molecule has 0 unspecified atom stereocenters. The van der Waals surface area contributed by atoms with Gasteiger partial charge in [-0.2, -0.15) is 0 Å². The highest BCUT2D eigenvalue weighted by atomic mass is 19.1. The Balaban J connectivity index is 2.06. The smallest absolute Gasteiger partial charge is 0.254 e. The van der Waals surface area contributed by atoms with Crippen LogP contribution in [0, 0.1) is 11.6 Å². The van der Waals surface area contributed by atoms with E-state index in [1.165, 1.54) is 0 Å². The number of hydrogen-bond acceptors (Lipinski definition) is 2. The number of hydrogen-bond donors (Lipinski definition) is 1. The van der Waals surface area contributed by atoms with E-state index in [1.54, 1.807) is 24.5 Å². The second-order valence-electron chi connectivity index (χ2n) is 3.67. The SMILES string of the molecule is O=C(NCc1cccnc1)c1cc(F)ccc1F. The van der Waals surface area contributed by atoms with Gasteiger partial charge in [-0.1, -0.05) is 6.07 Å². The molecule has 1 N–H and O–H groups in total. The molecular weight excluding hydrogens is 238 g/mol. The molecule has 1 aromatic heterocycles. The van der Waals surface area contributed by atoms with Crippen LogP contribution in [0.4, 0.5) is 8.78 Å². The first kappa shape index (κ1) is 12.2. The van der Waals surface area contributed by atoms with Crippen molar-refractivity contribution >= 4 is 5.91 Å². The van der Waals surface area contributed by atoms with Crippen LogP contribution in [0.5, 0.6) is 0 Å². The van der Waals surface area contributed by atoms with Gasteiger partial charge in [-0.25, -0.2) is 8.78 Å². The zero-order chi connectivity index (χ0) is 13.0. The van der Waals surface area contributed by atoms with E-state index in [1.807, 2.05) is 0 Å². The van der Waals surface area contributed by atoms with Gasteiger partial charge in [0, 0.05) is 18.9 Å². The van der Waals surface area contributed by atoms with Crippen molar-refractivity contribution in [2.24, 2.45) is 0 Å². The Morgan fingerprint density at radius 2 is 2.11 bits per heavy atom. The molecule has 0 radical (unpaired) electrons. The fourth-order valence-corrected chi connectivity index (χ4v) is 1.45. The fourth-order valence-electron chi connectivity index (χ4n) is 1.45. The van der Waals surface area contributed by atoms with Gasteiger partial charge < -0.3 is 5.32 Å². The van der Waals surface area contributed by atoms with Gasteiger partial charge in [0.15, 0.2) is 0 Å². The summed E-state index contributed by atoms with van der Waals surface area (Å²) in [5, 5.41) is 2.50. The molecule has 0 aliphatic rings. The molecule has 2 aromatic rings. The Morgan fingerprint density at radius 3 is 2.83 bits per heavy atom. The summed E-state index contributed by atoms with van der Waals surface area (Å²) >= 11 is 0. The quantitative estimate of drug-likeness (QED) is 0.905. The lowest BCUT2D eigenvalue weighted by Gasteiger charge is -2.06. The van der Waals surface area contributed by atoms with Crippen molar-refractivity contribution in [3.8, 4) is 0 Å². The Bertz CT molecular complexity index is 558. The lowest BCUT2D eigenvalue weighted by molar-refractivity contribution is 0.0946. The van der Waals surface area contributed by atoms with Crippen LogP contribution >= 0.6 is 0 Å². The van der Waals surface area contributed by atoms with Gasteiger partial charge in [-0.3, -0.25) is 9.78 Å². The summed E-state index contributed by atoms with van der Waals surface area (Å²) in [6.07, 6.45) is 3.19. The van der Waals surface area contributed by atoms with E-state index in [9.17, 15) is 13.6 Å². The van der Waals surface area contributed by atoms with Crippen molar-refractivity contribution in [2.45, 2.75) is 6.54 Å². The van der Waals surface area contributed by atoms with Crippen LogP contribution < -0.4 is 5.32 Å². The highest BCUT2D eigenvalue weighted by molar-refractivity contribution is 5.94. The second-order valence-corrected chi connectivity index (χ2v) is 3.67. The van der Waals surface area contributed by atoms with Gasteiger partial charge in [0.2, 0.25) is 0 Å². The molecule has 0 aliphatic heterocycles. The number of amides is 1. The van der Waals surface area contributed by atoms with Crippen molar-refractivity contribution in [1.82, 2.24) is 10.3 Å². The summed E-state index contributed by atoms with van der Waals surface area (Å²) in [4.78, 5) is 15.5. The van der Waals surface area contributed by atoms with Crippen LogP contribution in [-0.4, -0.2) is 10.9 Å². The molecule has 5 heteroatoms. The predicted molar refractivity (Wildman–Crippen MR) is 61.8 cm³/mol. The molecule has 1 amide bonds. The average Bonchev–Trinajstić information content (AvgIpc) is 2.40. The van der Waals surface area contributed by atoms with Gasteiger partial charge in [-0.15, -0.1) is 0 Å². The molecule has 1 heterocycles. The Hall–Kier alpha value is -2.30. The van der Waals surface area contributed by atoms with E-state index in [-0.39, 0.29) is 12.1 Å². The van der Waals surface area contributed by atoms with Gasteiger partial charge in [0.25, 0.3) is 5.91 Å². The Morgan fingerprint density at radius 1 is 1.28 bits per heavy atom. The molecular formula is C13H10F2N2O. The van der Waals surface area contributed by atoms with Crippen LogP contribution in [0.25, 0.3) is 0 Å². The van der Waals surface area contributed by atoms with Gasteiger partial charge >= 0.3 is 0 Å². The predicted octanol–water partition coefficient (Wildman–Crippen LogP) is 2.29. The van der Waals surface area contributed by atoms with Crippen LogP contribution in [0.2, 0.25) is 0 Å². The first-order valence-corrected chi connectivity index (χ1v) is 5.29. The highest BCUT2D eigenvalue weighted by Gasteiger charge is 2.12. The zero-order valence-corrected chi connectivity index (χ0v) is 9.36. The molecule has 0 fully saturated rings. The van der Waals surface area contributed by atoms with E-state index in [4.69, 9.17) is 0 Å². The van der Waals surface area contributed by atoms with E-state index >= 15 is 0 Å². The zero-order valence-electron chi connectivity index (χ0n) is 9.36. The number of rotatable bonds is 3. The molecule has 3 nitrogen and oxygen atoms in total. The Labute approximate surface area is 102 Å². The van der Waals surface area contributed by atoms with E-state index in [2.05, 4.69) is 10.3 Å². The number of halogens is 2. The maximum Gasteiger partial charge on any atom is 0.254 e. The van der Waals surface area contributed by atoms with Crippen LogP contribution in [-0.2, 0) is 6.54 Å². The lowest BCUT2D eigenvalue weighted by atomic mass is 10.2. The monoisotopic (exact) mass is 248 g/mol. The molecule has 2 rings (SSSR count). The van der Waals surface area contributed by atoms with Crippen molar-refractivity contribution in [3.05, 3.63) is 65.5 Å². The average molecular weight is 248 g/mol. The molecule has 0 bridgehead atoms. The van der Waals surface area contributed by atoms with E-state index in [0.29, 0.717) is 0 Å². The molecule has 0 saturated heterocycles. The summed E-state index contributed by atoms with van der Waals surface area (Å²) in [5.41, 5.74) is 0.474. The molecule has 0 spiro atoms. The number of pyridine rings is 1. The van der Waals surface area contributed by atoms with Gasteiger partial charge in [0.05, 0.1) is 5.56 Å². The number of nitrogens with zero attached hydrogens (tertiary/aromatic N) is 1. The Kier molecular flexibility index (Phi) is 3.62. The van der Waals surface area contributed by atoms with Crippen LogP contribution in [0.3, 0.4) is 0 Å². The normalized spacial score (nSPS) is 10.1. The molecule has 0 saturated carbocycles. The molecule has 18 heavy (non-hydrogen) atoms. The first-order chi connectivity index (χ1) is 8.66. The maximum absolute atomic E-state index is 13.3. The lowest BCUT2D eigenvalue weighted by Crippen LogP contribution is -2.24. The van der Waals surface area contributed by atoms with E-state index < -0.39 is 17.5 Å². The minimum absolute atomic E-state index is 0.211. The van der Waals surface area contributed by atoms with E-state index in [0.717, 1.165) is 23.8 Å². The topological polar surface area (TPSA) is 42.0 Å². The van der Waals surface area contributed by atoms with Gasteiger partial charge in [0.1, 0.15) is 11.6 Å². The number of carbonyl (C=O) groups excluding carboxylic acids is 1. The van der Waals surface area contributed by atoms with Crippen molar-refractivity contribution in [1.29, 1.82) is 0 Å². The minimum Gasteiger partial charge on any atom is -0.348 e. The molecule has 1 aromatic carbocycles. The van der Waals surface area contributed by atoms with Crippen molar-refractivity contribution in [2.75, 3.05) is 0 Å². The molecule has 0 atom stereocenters. The number of benzene rings is 1. The minimum atomic E-state index is -0.750. The molecule has 0 aliphatic carbocycles. The van der Waals surface area contributed by atoms with Crippen LogP contribution in [0.15, 0.2) is 42.7 Å². The molecule has 92 valence electrons. The third-order valence-corrected chi connectivity index (χ3v) is 2.35. The van der Waals surface area contributed by atoms with Crippen LogP contribution in [0.1, 0.15) is 15.9 Å². The summed E-state index contributed by atoms with van der Waals surface area (Å²) < 4.78 is 26.2. The number of nitrogens with one attached hydrogen (secondary N) is 1. The number of carbonyl (C=O) groups is 1. The van der Waals surface area contributed by atoms with Crippen molar-refractivity contribution < 1.29 is 13.6 Å². The number of aromatic nitrogens is 1. The largest absolute Gasteiger partial charge is 0.348 e.